The van der Waals surface area contributed by atoms with Crippen molar-refractivity contribution in [1.82, 2.24) is 0 Å². The third-order valence-electron chi connectivity index (χ3n) is 6.44. The second-order valence-electron chi connectivity index (χ2n) is 8.31. The Labute approximate surface area is 180 Å². The number of Topliss-reactive ketones (excluding diaryl/α,β-unsaturated/α-hetero) is 1. The molecule has 0 radical (unpaired) electrons. The summed E-state index contributed by atoms with van der Waals surface area (Å²) in [6, 6.07) is 18.0. The first kappa shape index (κ1) is 19.4. The smallest absolute Gasteiger partial charge is 0.201 e. The molecule has 2 N–H and O–H groups in total. The molecule has 156 valence electrons. The lowest BCUT2D eigenvalue weighted by Gasteiger charge is -2.34. The van der Waals surface area contributed by atoms with Crippen molar-refractivity contribution in [1.29, 1.82) is 0 Å². The number of phenolic OH excluding ortho intramolecular Hbond substituents is 2. The van der Waals surface area contributed by atoms with Crippen LogP contribution < -0.4 is 4.90 Å². The predicted molar refractivity (Wildman–Crippen MR) is 118 cm³/mol. The van der Waals surface area contributed by atoms with Crippen LogP contribution in [0.4, 0.5) is 5.69 Å². The van der Waals surface area contributed by atoms with Crippen molar-refractivity contribution in [3.05, 3.63) is 88.5 Å². The lowest BCUT2D eigenvalue weighted by molar-refractivity contribution is 0.0900. The van der Waals surface area contributed by atoms with Gasteiger partial charge in [0.05, 0.1) is 11.1 Å². The summed E-state index contributed by atoms with van der Waals surface area (Å²) in [6.07, 6.45) is 1.98. The normalized spacial score (nSPS) is 16.0. The number of ketones is 2. The van der Waals surface area contributed by atoms with E-state index in [4.69, 9.17) is 0 Å². The molecule has 3 aromatic rings. The van der Waals surface area contributed by atoms with Crippen LogP contribution in [0.1, 0.15) is 50.2 Å². The number of piperidine rings is 1. The van der Waals surface area contributed by atoms with E-state index in [9.17, 15) is 19.8 Å². The third kappa shape index (κ3) is 3.36. The van der Waals surface area contributed by atoms with E-state index in [1.807, 2.05) is 42.5 Å². The largest absolute Gasteiger partial charge is 0.507 e. The van der Waals surface area contributed by atoms with Crippen molar-refractivity contribution in [2.75, 3.05) is 18.0 Å². The highest BCUT2D eigenvalue weighted by molar-refractivity contribution is 6.15. The average molecular weight is 413 g/mol. The molecule has 0 saturated carbocycles. The van der Waals surface area contributed by atoms with Gasteiger partial charge < -0.3 is 15.1 Å². The van der Waals surface area contributed by atoms with Gasteiger partial charge in [0.2, 0.25) is 5.78 Å². The lowest BCUT2D eigenvalue weighted by Crippen LogP contribution is -2.36. The minimum Gasteiger partial charge on any atom is -0.507 e. The lowest BCUT2D eigenvalue weighted by atomic mass is 9.83. The molecule has 5 rings (SSSR count). The highest BCUT2D eigenvalue weighted by atomic mass is 16.3. The highest BCUT2D eigenvalue weighted by Crippen LogP contribution is 2.39. The van der Waals surface area contributed by atoms with Crippen molar-refractivity contribution in [3.8, 4) is 11.5 Å². The molecule has 0 bridgehead atoms. The Kier molecular flexibility index (Phi) is 4.74. The van der Waals surface area contributed by atoms with Gasteiger partial charge in [-0.2, -0.15) is 0 Å². The molecule has 1 aliphatic heterocycles. The quantitative estimate of drug-likeness (QED) is 0.489. The van der Waals surface area contributed by atoms with Gasteiger partial charge in [-0.05, 0) is 42.5 Å². The number of rotatable bonds is 3. The Hall–Kier alpha value is -3.60. The number of anilines is 1. The number of phenols is 2. The number of carbonyl (C=O) groups excluding carboxylic acids is 2. The van der Waals surface area contributed by atoms with Crippen molar-refractivity contribution in [3.63, 3.8) is 0 Å². The molecule has 31 heavy (non-hydrogen) atoms. The summed E-state index contributed by atoms with van der Waals surface area (Å²) in [7, 11) is 0. The number of benzene rings is 3. The Morgan fingerprint density at radius 3 is 2.29 bits per heavy atom. The minimum atomic E-state index is -0.342. The zero-order chi connectivity index (χ0) is 21.5. The van der Waals surface area contributed by atoms with Crippen LogP contribution in [0.2, 0.25) is 0 Å². The molecule has 5 heteroatoms. The molecule has 1 saturated heterocycles. The van der Waals surface area contributed by atoms with Crippen molar-refractivity contribution in [2.24, 2.45) is 5.92 Å². The summed E-state index contributed by atoms with van der Waals surface area (Å²) in [6.45, 7) is 1.43. The van der Waals surface area contributed by atoms with Crippen LogP contribution >= 0.6 is 0 Å². The second-order valence-corrected chi connectivity index (χ2v) is 8.31. The Balaban J connectivity index is 1.37. The third-order valence-corrected chi connectivity index (χ3v) is 6.44. The van der Waals surface area contributed by atoms with Gasteiger partial charge in [0, 0.05) is 36.3 Å². The molecule has 0 atom stereocenters. The first-order valence-corrected chi connectivity index (χ1v) is 10.6. The first-order valence-electron chi connectivity index (χ1n) is 10.6. The van der Waals surface area contributed by atoms with E-state index >= 15 is 0 Å². The Morgan fingerprint density at radius 2 is 1.55 bits per heavy atom. The molecule has 0 aromatic heterocycles. The minimum absolute atomic E-state index is 0.00121. The monoisotopic (exact) mass is 413 g/mol. The summed E-state index contributed by atoms with van der Waals surface area (Å²) in [4.78, 5) is 27.8. The number of fused-ring (bicyclic) bond motifs is 2. The molecule has 1 aliphatic carbocycles. The van der Waals surface area contributed by atoms with Gasteiger partial charge in [-0.15, -0.1) is 0 Å². The van der Waals surface area contributed by atoms with E-state index in [0.29, 0.717) is 19.5 Å². The number of nitrogens with zero attached hydrogens (tertiary/aromatic N) is 1. The van der Waals surface area contributed by atoms with Crippen LogP contribution in [0.5, 0.6) is 11.5 Å². The Bertz CT molecular complexity index is 1180. The topological polar surface area (TPSA) is 77.8 Å². The maximum Gasteiger partial charge on any atom is 0.201 e. The van der Waals surface area contributed by atoms with E-state index in [2.05, 4.69) is 4.90 Å². The van der Waals surface area contributed by atoms with Crippen LogP contribution in [-0.2, 0) is 6.42 Å². The summed E-state index contributed by atoms with van der Waals surface area (Å²) in [5.41, 5.74) is 3.69. The zero-order valence-corrected chi connectivity index (χ0v) is 17.0. The first-order chi connectivity index (χ1) is 15.0. The van der Waals surface area contributed by atoms with E-state index in [1.54, 1.807) is 12.1 Å². The van der Waals surface area contributed by atoms with Gasteiger partial charge in [0.25, 0.3) is 0 Å². The van der Waals surface area contributed by atoms with Gasteiger partial charge in [0.15, 0.2) is 5.78 Å². The van der Waals surface area contributed by atoms with Gasteiger partial charge in [-0.3, -0.25) is 9.59 Å². The number of aromatic hydroxyl groups is 2. The second kappa shape index (κ2) is 7.58. The van der Waals surface area contributed by atoms with E-state index in [-0.39, 0.29) is 40.1 Å². The maximum atomic E-state index is 12.9. The summed E-state index contributed by atoms with van der Waals surface area (Å²) in [5.74, 6) is -0.266. The summed E-state index contributed by atoms with van der Waals surface area (Å²) in [5, 5.41) is 20.8. The Morgan fingerprint density at radius 1 is 0.839 bits per heavy atom. The average Bonchev–Trinajstić information content (AvgIpc) is 2.79. The fraction of sp³-hybridized carbons (Fsp3) is 0.231. The molecular weight excluding hydrogens is 390 g/mol. The highest BCUT2D eigenvalue weighted by Gasteiger charge is 2.31. The molecular formula is C26H23NO4. The molecule has 1 heterocycles. The van der Waals surface area contributed by atoms with Crippen LogP contribution in [0.3, 0.4) is 0 Å². The van der Waals surface area contributed by atoms with Gasteiger partial charge in [-0.1, -0.05) is 42.5 Å². The van der Waals surface area contributed by atoms with Crippen molar-refractivity contribution < 1.29 is 19.8 Å². The number of carbonyl (C=O) groups is 2. The van der Waals surface area contributed by atoms with E-state index < -0.39 is 0 Å². The van der Waals surface area contributed by atoms with Crippen molar-refractivity contribution in [2.45, 2.75) is 19.3 Å². The van der Waals surface area contributed by atoms with Crippen LogP contribution in [0, 0.1) is 5.92 Å². The standard InChI is InChI=1S/C26H23NO4/c28-21-8-4-7-18-13-19-14-20(15-22(29)24(19)26(31)23(18)21)27-11-9-17(10-12-27)25(30)16-5-2-1-3-6-16/h1-8,14-15,17,28-29H,9-13H2. The number of hydrogen-bond donors (Lipinski definition) is 2. The molecule has 1 fully saturated rings. The van der Waals surface area contributed by atoms with Crippen LogP contribution in [0.25, 0.3) is 0 Å². The van der Waals surface area contributed by atoms with E-state index in [0.717, 1.165) is 35.2 Å². The summed E-state index contributed by atoms with van der Waals surface area (Å²) < 4.78 is 0. The zero-order valence-electron chi connectivity index (χ0n) is 17.0. The van der Waals surface area contributed by atoms with Crippen LogP contribution in [0.15, 0.2) is 60.7 Å². The predicted octanol–water partition coefficient (Wildman–Crippen LogP) is 4.33. The molecule has 0 unspecified atom stereocenters. The molecule has 2 aliphatic rings. The van der Waals surface area contributed by atoms with E-state index in [1.165, 1.54) is 6.07 Å². The van der Waals surface area contributed by atoms with Gasteiger partial charge >= 0.3 is 0 Å². The fourth-order valence-corrected chi connectivity index (χ4v) is 4.82. The molecule has 5 nitrogen and oxygen atoms in total. The van der Waals surface area contributed by atoms with Gasteiger partial charge in [0.1, 0.15) is 11.5 Å². The van der Waals surface area contributed by atoms with Crippen LogP contribution in [-0.4, -0.2) is 34.9 Å². The molecule has 0 amide bonds. The number of hydrogen-bond acceptors (Lipinski definition) is 5. The van der Waals surface area contributed by atoms with Gasteiger partial charge in [-0.25, -0.2) is 0 Å². The molecule has 0 spiro atoms. The summed E-state index contributed by atoms with van der Waals surface area (Å²) >= 11 is 0. The van der Waals surface area contributed by atoms with Crippen molar-refractivity contribution >= 4 is 17.3 Å². The SMILES string of the molecule is O=C1c2c(O)cccc2Cc2cc(N3CCC(C(=O)c4ccccc4)CC3)cc(O)c21. The molecule has 3 aromatic carbocycles. The fourth-order valence-electron chi connectivity index (χ4n) is 4.82. The maximum absolute atomic E-state index is 12.9.